The van der Waals surface area contributed by atoms with Crippen molar-refractivity contribution in [2.24, 2.45) is 0 Å². The van der Waals surface area contributed by atoms with Gasteiger partial charge in [0.2, 0.25) is 5.91 Å². The molecule has 1 fully saturated rings. The fourth-order valence-corrected chi connectivity index (χ4v) is 5.85. The van der Waals surface area contributed by atoms with E-state index in [2.05, 4.69) is 53.0 Å². The highest BCUT2D eigenvalue weighted by atomic mass is 32.2. The summed E-state index contributed by atoms with van der Waals surface area (Å²) in [5, 5.41) is 14.5. The van der Waals surface area contributed by atoms with Gasteiger partial charge in [0.25, 0.3) is 0 Å². The van der Waals surface area contributed by atoms with Gasteiger partial charge < -0.3 is 14.8 Å². The van der Waals surface area contributed by atoms with Crippen molar-refractivity contribution in [2.45, 2.75) is 63.3 Å². The monoisotopic (exact) mass is 562 g/mol. The smallest absolute Gasteiger partial charge is 0.234 e. The van der Waals surface area contributed by atoms with Crippen LogP contribution >= 0.6 is 23.1 Å². The summed E-state index contributed by atoms with van der Waals surface area (Å²) in [6.07, 6.45) is 3.31. The van der Waals surface area contributed by atoms with Crippen molar-refractivity contribution in [1.29, 1.82) is 0 Å². The van der Waals surface area contributed by atoms with Crippen LogP contribution < -0.4 is 10.1 Å². The molecule has 5 rings (SSSR count). The van der Waals surface area contributed by atoms with Crippen LogP contribution in [0.15, 0.2) is 71.2 Å². The molecule has 204 valence electrons. The Bertz CT molecular complexity index is 1360. The van der Waals surface area contributed by atoms with E-state index < -0.39 is 0 Å². The van der Waals surface area contributed by atoms with Gasteiger partial charge >= 0.3 is 0 Å². The van der Waals surface area contributed by atoms with Crippen LogP contribution in [-0.2, 0) is 21.5 Å². The van der Waals surface area contributed by atoms with Gasteiger partial charge in [-0.05, 0) is 78.1 Å². The number of nitrogens with zero attached hydrogens (tertiary/aromatic N) is 3. The van der Waals surface area contributed by atoms with Crippen LogP contribution in [0.2, 0.25) is 0 Å². The van der Waals surface area contributed by atoms with Gasteiger partial charge in [0.1, 0.15) is 11.5 Å². The summed E-state index contributed by atoms with van der Waals surface area (Å²) in [4.78, 5) is 13.8. The largest absolute Gasteiger partial charge is 0.457 e. The summed E-state index contributed by atoms with van der Waals surface area (Å²) in [5.74, 6) is 2.45. The summed E-state index contributed by atoms with van der Waals surface area (Å²) in [6.45, 7) is 8.16. The van der Waals surface area contributed by atoms with Crippen LogP contribution in [0.4, 0.5) is 5.69 Å². The molecular weight excluding hydrogens is 528 g/mol. The van der Waals surface area contributed by atoms with Crippen molar-refractivity contribution in [3.63, 3.8) is 0 Å². The van der Waals surface area contributed by atoms with Crippen LogP contribution in [0.5, 0.6) is 11.5 Å². The predicted molar refractivity (Wildman–Crippen MR) is 158 cm³/mol. The molecule has 0 unspecified atom stereocenters. The molecule has 4 aromatic rings. The van der Waals surface area contributed by atoms with Gasteiger partial charge in [0, 0.05) is 12.3 Å². The van der Waals surface area contributed by atoms with Crippen LogP contribution in [-0.4, -0.2) is 39.1 Å². The first kappa shape index (κ1) is 27.4. The average molecular weight is 563 g/mol. The Morgan fingerprint density at radius 3 is 2.51 bits per heavy atom. The summed E-state index contributed by atoms with van der Waals surface area (Å²) >= 11 is 3.02. The molecule has 1 amide bonds. The summed E-state index contributed by atoms with van der Waals surface area (Å²) in [6, 6.07) is 19.7. The summed E-state index contributed by atoms with van der Waals surface area (Å²) < 4.78 is 13.9. The topological polar surface area (TPSA) is 78.3 Å². The second-order valence-corrected chi connectivity index (χ2v) is 12.1. The van der Waals surface area contributed by atoms with E-state index in [1.165, 1.54) is 17.3 Å². The van der Waals surface area contributed by atoms with Crippen LogP contribution in [0.1, 0.15) is 45.6 Å². The maximum Gasteiger partial charge on any atom is 0.234 e. The molecule has 0 spiro atoms. The quantitative estimate of drug-likeness (QED) is 0.192. The van der Waals surface area contributed by atoms with E-state index in [9.17, 15) is 4.79 Å². The second kappa shape index (κ2) is 12.4. The highest BCUT2D eigenvalue weighted by Gasteiger charge is 2.23. The minimum Gasteiger partial charge on any atom is -0.457 e. The predicted octanol–water partition coefficient (Wildman–Crippen LogP) is 7.40. The van der Waals surface area contributed by atoms with E-state index in [0.29, 0.717) is 18.0 Å². The SMILES string of the molecule is CCC(C)(C)c1ccc(Oc2ccc(NC(=O)CSc3nnc(-c4cccs4)n3C[C@@H]3CCCO3)cc2)cc1. The van der Waals surface area contributed by atoms with Crippen molar-refractivity contribution in [3.05, 3.63) is 71.6 Å². The number of rotatable bonds is 11. The zero-order valence-corrected chi connectivity index (χ0v) is 24.2. The van der Waals surface area contributed by atoms with Crippen LogP contribution in [0.3, 0.4) is 0 Å². The molecule has 3 heterocycles. The molecule has 2 aromatic heterocycles. The minimum atomic E-state index is -0.105. The van der Waals surface area contributed by atoms with Crippen LogP contribution in [0, 0.1) is 0 Å². The number of nitrogens with one attached hydrogen (secondary N) is 1. The molecule has 39 heavy (non-hydrogen) atoms. The number of benzene rings is 2. The first-order valence-electron chi connectivity index (χ1n) is 13.3. The third kappa shape index (κ3) is 6.90. The summed E-state index contributed by atoms with van der Waals surface area (Å²) in [5.41, 5.74) is 2.15. The maximum absolute atomic E-state index is 12.7. The summed E-state index contributed by atoms with van der Waals surface area (Å²) in [7, 11) is 0. The number of hydrogen-bond acceptors (Lipinski definition) is 7. The zero-order valence-electron chi connectivity index (χ0n) is 22.6. The van der Waals surface area contributed by atoms with Gasteiger partial charge in [0.15, 0.2) is 11.0 Å². The number of carbonyl (C=O) groups excluding carboxylic acids is 1. The van der Waals surface area contributed by atoms with Gasteiger partial charge in [-0.25, -0.2) is 0 Å². The number of carbonyl (C=O) groups is 1. The molecule has 2 aromatic carbocycles. The molecule has 1 aliphatic heterocycles. The van der Waals surface area contributed by atoms with E-state index in [-0.39, 0.29) is 23.2 Å². The molecule has 7 nitrogen and oxygen atoms in total. The minimum absolute atomic E-state index is 0.105. The van der Waals surface area contributed by atoms with E-state index in [1.54, 1.807) is 11.3 Å². The Morgan fingerprint density at radius 2 is 1.87 bits per heavy atom. The maximum atomic E-state index is 12.7. The Labute approximate surface area is 238 Å². The van der Waals surface area contributed by atoms with Crippen LogP contribution in [0.25, 0.3) is 10.7 Å². The number of thiophene rings is 1. The van der Waals surface area contributed by atoms with E-state index in [4.69, 9.17) is 9.47 Å². The number of hydrogen-bond donors (Lipinski definition) is 1. The van der Waals surface area contributed by atoms with E-state index in [1.807, 2.05) is 53.9 Å². The molecule has 0 bridgehead atoms. The Balaban J connectivity index is 1.17. The molecule has 0 saturated carbocycles. The Morgan fingerprint density at radius 1 is 1.13 bits per heavy atom. The molecule has 1 saturated heterocycles. The van der Waals surface area contributed by atoms with Crippen molar-refractivity contribution in [2.75, 3.05) is 17.7 Å². The Hall–Kier alpha value is -3.14. The lowest BCUT2D eigenvalue weighted by atomic mass is 9.82. The fourth-order valence-electron chi connectivity index (χ4n) is 4.39. The van der Waals surface area contributed by atoms with Crippen molar-refractivity contribution < 1.29 is 14.3 Å². The molecule has 1 aliphatic rings. The fraction of sp³-hybridized carbons (Fsp3) is 0.367. The lowest BCUT2D eigenvalue weighted by Crippen LogP contribution is -2.18. The molecule has 0 aliphatic carbocycles. The van der Waals surface area contributed by atoms with Gasteiger partial charge in [-0.3, -0.25) is 9.36 Å². The van der Waals surface area contributed by atoms with Crippen molar-refractivity contribution >= 4 is 34.7 Å². The third-order valence-electron chi connectivity index (χ3n) is 7.09. The number of aromatic nitrogens is 3. The van der Waals surface area contributed by atoms with Gasteiger partial charge in [-0.15, -0.1) is 21.5 Å². The number of thioether (sulfide) groups is 1. The first-order valence-corrected chi connectivity index (χ1v) is 15.2. The van der Waals surface area contributed by atoms with E-state index >= 15 is 0 Å². The van der Waals surface area contributed by atoms with Gasteiger partial charge in [-0.2, -0.15) is 0 Å². The van der Waals surface area contributed by atoms with E-state index in [0.717, 1.165) is 47.5 Å². The average Bonchev–Trinajstić information content (AvgIpc) is 3.72. The third-order valence-corrected chi connectivity index (χ3v) is 8.93. The molecule has 1 atom stereocenters. The highest BCUT2D eigenvalue weighted by Crippen LogP contribution is 2.31. The normalized spacial score (nSPS) is 15.4. The Kier molecular flexibility index (Phi) is 8.69. The lowest BCUT2D eigenvalue weighted by molar-refractivity contribution is -0.113. The molecule has 1 N–H and O–H groups in total. The highest BCUT2D eigenvalue weighted by molar-refractivity contribution is 7.99. The van der Waals surface area contributed by atoms with Crippen molar-refractivity contribution in [1.82, 2.24) is 14.8 Å². The number of anilines is 1. The number of ether oxygens (including phenoxy) is 2. The molecule has 0 radical (unpaired) electrons. The zero-order chi connectivity index (χ0) is 27.2. The second-order valence-electron chi connectivity index (χ2n) is 10.3. The standard InChI is InChI=1S/C30H34N4O3S2/c1-4-30(2,3)21-9-13-23(14-10-21)37-24-15-11-22(12-16-24)31-27(35)20-39-29-33-32-28(26-8-6-18-38-26)34(29)19-25-7-5-17-36-25/h6,8-16,18,25H,4-5,7,17,19-20H2,1-3H3,(H,31,35)/t25-/m0/s1. The molecule has 9 heteroatoms. The number of amides is 1. The molecular formula is C30H34N4O3S2. The lowest BCUT2D eigenvalue weighted by Gasteiger charge is -2.23. The van der Waals surface area contributed by atoms with Crippen molar-refractivity contribution in [3.8, 4) is 22.2 Å². The first-order chi connectivity index (χ1) is 18.9. The van der Waals surface area contributed by atoms with Gasteiger partial charge in [0.05, 0.1) is 23.3 Å². The van der Waals surface area contributed by atoms with Gasteiger partial charge in [-0.1, -0.05) is 50.7 Å².